The van der Waals surface area contributed by atoms with Crippen LogP contribution in [0.2, 0.25) is 0 Å². The normalized spacial score (nSPS) is 12.0. The summed E-state index contributed by atoms with van der Waals surface area (Å²) in [5.41, 5.74) is 1.43. The molecular formula is C13H9Sb. The molecule has 0 saturated carbocycles. The quantitative estimate of drug-likeness (QED) is 0.543. The Morgan fingerprint density at radius 2 is 1.57 bits per heavy atom. The van der Waals surface area contributed by atoms with Gasteiger partial charge in [-0.05, 0) is 0 Å². The van der Waals surface area contributed by atoms with E-state index in [-0.39, 0.29) is 21.1 Å². The monoisotopic (exact) mass is 286 g/mol. The van der Waals surface area contributed by atoms with Crippen molar-refractivity contribution in [1.82, 2.24) is 0 Å². The van der Waals surface area contributed by atoms with E-state index in [9.17, 15) is 0 Å². The van der Waals surface area contributed by atoms with E-state index in [1.807, 2.05) is 0 Å². The molecule has 0 N–H and O–H groups in total. The van der Waals surface area contributed by atoms with E-state index in [2.05, 4.69) is 54.6 Å². The predicted molar refractivity (Wildman–Crippen MR) is 60.3 cm³/mol. The Bertz CT molecular complexity index is 543. The van der Waals surface area contributed by atoms with Crippen LogP contribution in [0.3, 0.4) is 0 Å². The van der Waals surface area contributed by atoms with E-state index in [0.717, 1.165) is 0 Å². The van der Waals surface area contributed by atoms with Crippen LogP contribution in [0.15, 0.2) is 48.5 Å². The van der Waals surface area contributed by atoms with Crippen LogP contribution in [0, 0.1) is 3.09 Å². The molecule has 0 saturated heterocycles. The Balaban J connectivity index is 2.42. The van der Waals surface area contributed by atoms with E-state index in [1.54, 1.807) is 6.60 Å². The van der Waals surface area contributed by atoms with Gasteiger partial charge in [-0.2, -0.15) is 0 Å². The molecule has 0 bridgehead atoms. The Hall–Kier alpha value is -0.872. The molecule has 0 nitrogen and oxygen atoms in total. The number of fused-ring (bicyclic) bond motifs is 2. The fourth-order valence-electron chi connectivity index (χ4n) is 1.72. The van der Waals surface area contributed by atoms with E-state index >= 15 is 0 Å². The van der Waals surface area contributed by atoms with Gasteiger partial charge in [0.25, 0.3) is 0 Å². The molecule has 1 heteroatoms. The molecular weight excluding hydrogens is 278 g/mol. The third-order valence-corrected chi connectivity index (χ3v) is 6.13. The summed E-state index contributed by atoms with van der Waals surface area (Å²) in [7, 11) is 0. The molecule has 0 spiro atoms. The number of rotatable bonds is 0. The van der Waals surface area contributed by atoms with Crippen LogP contribution in [0.5, 0.6) is 0 Å². The van der Waals surface area contributed by atoms with Crippen LogP contribution in [-0.2, 0) is 0 Å². The summed E-state index contributed by atoms with van der Waals surface area (Å²) in [5, 5.41) is 1.43. The predicted octanol–water partition coefficient (Wildman–Crippen LogP) is 1.11. The second kappa shape index (κ2) is 3.36. The molecule has 0 radical (unpaired) electrons. The van der Waals surface area contributed by atoms with Crippen LogP contribution in [-0.4, -0.2) is 21.1 Å². The third-order valence-electron chi connectivity index (χ3n) is 2.43. The van der Waals surface area contributed by atoms with Gasteiger partial charge in [-0.15, -0.1) is 0 Å². The van der Waals surface area contributed by atoms with Gasteiger partial charge in [0.05, 0.1) is 0 Å². The minimum absolute atomic E-state index is 0.330. The molecule has 1 heterocycles. The summed E-state index contributed by atoms with van der Waals surface area (Å²) >= 11 is -0.330. The van der Waals surface area contributed by atoms with Crippen molar-refractivity contribution in [1.29, 1.82) is 0 Å². The van der Waals surface area contributed by atoms with Gasteiger partial charge in [-0.25, -0.2) is 0 Å². The van der Waals surface area contributed by atoms with Crippen molar-refractivity contribution >= 4 is 30.7 Å². The van der Waals surface area contributed by atoms with Gasteiger partial charge in [-0.1, -0.05) is 0 Å². The van der Waals surface area contributed by atoms with Crippen LogP contribution in [0.1, 0.15) is 5.56 Å². The number of hydrogen-bond donors (Lipinski definition) is 0. The topological polar surface area (TPSA) is 0 Å². The second-order valence-electron chi connectivity index (χ2n) is 3.37. The molecule has 3 rings (SSSR count). The Morgan fingerprint density at radius 1 is 0.786 bits per heavy atom. The SMILES string of the molecule is C1=c2cccc[c]2=[Sb][c]2ccccc21. The summed E-state index contributed by atoms with van der Waals surface area (Å²) in [6.45, 7) is 0. The van der Waals surface area contributed by atoms with Crippen molar-refractivity contribution < 1.29 is 0 Å². The van der Waals surface area contributed by atoms with E-state index in [0.29, 0.717) is 0 Å². The van der Waals surface area contributed by atoms with Crippen LogP contribution in [0.25, 0.3) is 6.08 Å². The maximum absolute atomic E-state index is 2.31. The van der Waals surface area contributed by atoms with Crippen molar-refractivity contribution in [2.24, 2.45) is 0 Å². The van der Waals surface area contributed by atoms with E-state index < -0.39 is 0 Å². The summed E-state index contributed by atoms with van der Waals surface area (Å²) in [5.74, 6) is 0. The van der Waals surface area contributed by atoms with Crippen molar-refractivity contribution in [2.75, 3.05) is 0 Å². The summed E-state index contributed by atoms with van der Waals surface area (Å²) < 4.78 is 3.17. The molecule has 0 aromatic heterocycles. The zero-order valence-corrected chi connectivity index (χ0v) is 10.2. The van der Waals surface area contributed by atoms with Gasteiger partial charge >= 0.3 is 93.1 Å². The summed E-state index contributed by atoms with van der Waals surface area (Å²) in [6, 6.07) is 17.5. The first kappa shape index (κ1) is 8.44. The Kier molecular flexibility index (Phi) is 2.03. The van der Waals surface area contributed by atoms with Crippen molar-refractivity contribution in [3.63, 3.8) is 0 Å². The van der Waals surface area contributed by atoms with E-state index in [4.69, 9.17) is 0 Å². The van der Waals surface area contributed by atoms with Crippen molar-refractivity contribution in [2.45, 2.75) is 0 Å². The van der Waals surface area contributed by atoms with Gasteiger partial charge in [-0.3, -0.25) is 0 Å². The molecule has 2 aromatic rings. The van der Waals surface area contributed by atoms with Gasteiger partial charge in [0.15, 0.2) is 0 Å². The molecule has 1 aliphatic heterocycles. The fourth-order valence-corrected chi connectivity index (χ4v) is 4.91. The number of benzene rings is 2. The Morgan fingerprint density at radius 3 is 2.57 bits per heavy atom. The molecule has 14 heavy (non-hydrogen) atoms. The average Bonchev–Trinajstić information content (AvgIpc) is 2.26. The molecule has 0 fully saturated rings. The van der Waals surface area contributed by atoms with Crippen LogP contribution < -0.4 is 8.73 Å². The first-order valence-corrected chi connectivity index (χ1v) is 7.23. The zero-order chi connectivity index (χ0) is 9.38. The van der Waals surface area contributed by atoms with Crippen molar-refractivity contribution in [3.8, 4) is 0 Å². The summed E-state index contributed by atoms with van der Waals surface area (Å²) in [4.78, 5) is 0. The fraction of sp³-hybridized carbons (Fsp3) is 0. The van der Waals surface area contributed by atoms with Crippen molar-refractivity contribution in [3.05, 3.63) is 62.4 Å². The van der Waals surface area contributed by atoms with Gasteiger partial charge in [0.1, 0.15) is 0 Å². The van der Waals surface area contributed by atoms with Crippen LogP contribution >= 0.6 is 0 Å². The summed E-state index contributed by atoms with van der Waals surface area (Å²) in [6.07, 6.45) is 2.31. The van der Waals surface area contributed by atoms with Gasteiger partial charge in [0, 0.05) is 0 Å². The standard InChI is InChI=1S/C13H9.Sb/c1-3-7-12(8-4-1)11-13-9-5-2-6-10-13;/h1-7,9,11H;. The van der Waals surface area contributed by atoms with E-state index in [1.165, 1.54) is 10.8 Å². The van der Waals surface area contributed by atoms with Gasteiger partial charge < -0.3 is 0 Å². The molecule has 0 aliphatic carbocycles. The molecule has 66 valence electrons. The van der Waals surface area contributed by atoms with Crippen LogP contribution in [0.4, 0.5) is 0 Å². The first-order valence-electron chi connectivity index (χ1n) is 4.68. The minimum atomic E-state index is -0.330. The molecule has 0 unspecified atom stereocenters. The van der Waals surface area contributed by atoms with Gasteiger partial charge in [0.2, 0.25) is 0 Å². The average molecular weight is 287 g/mol. The Labute approximate surface area is 92.9 Å². The first-order chi connectivity index (χ1) is 6.93. The second-order valence-corrected chi connectivity index (χ2v) is 6.76. The molecule has 0 atom stereocenters. The third kappa shape index (κ3) is 1.35. The maximum atomic E-state index is 2.31. The molecule has 0 amide bonds. The molecule has 1 aliphatic rings. The zero-order valence-electron chi connectivity index (χ0n) is 7.64. The molecule has 2 aromatic carbocycles. The number of hydrogen-bond acceptors (Lipinski definition) is 0.